The van der Waals surface area contributed by atoms with Crippen LogP contribution in [0.15, 0.2) is 49.1 Å². The summed E-state index contributed by atoms with van der Waals surface area (Å²) in [5, 5.41) is 40.9. The van der Waals surface area contributed by atoms with E-state index in [1.54, 1.807) is 0 Å². The Bertz CT molecular complexity index is 1450. The first-order valence-corrected chi connectivity index (χ1v) is 12.6. The van der Waals surface area contributed by atoms with Crippen molar-refractivity contribution in [3.8, 4) is 5.95 Å². The van der Waals surface area contributed by atoms with Crippen molar-refractivity contribution in [2.45, 2.75) is 43.5 Å². The average Bonchev–Trinajstić information content (AvgIpc) is 3.76. The molecule has 204 valence electrons. The number of aliphatic hydroxyl groups excluding tert-OH is 3. The summed E-state index contributed by atoms with van der Waals surface area (Å²) < 4.78 is 14.0. The zero-order valence-corrected chi connectivity index (χ0v) is 20.8. The fourth-order valence-corrected chi connectivity index (χ4v) is 4.68. The van der Waals surface area contributed by atoms with Gasteiger partial charge < -0.3 is 35.4 Å². The zero-order valence-electron chi connectivity index (χ0n) is 20.8. The van der Waals surface area contributed by atoms with Crippen LogP contribution >= 0.6 is 0 Å². The van der Waals surface area contributed by atoms with E-state index >= 15 is 0 Å². The smallest absolute Gasteiger partial charge is 0.254 e. The van der Waals surface area contributed by atoms with Crippen molar-refractivity contribution in [2.75, 3.05) is 25.1 Å². The van der Waals surface area contributed by atoms with Gasteiger partial charge in [-0.2, -0.15) is 15.1 Å². The second-order valence-corrected chi connectivity index (χ2v) is 9.47. The number of hydrogen-bond donors (Lipinski definition) is 5. The monoisotopic (exact) mass is 536 g/mol. The highest BCUT2D eigenvalue weighted by Gasteiger charge is 2.44. The van der Waals surface area contributed by atoms with Gasteiger partial charge in [0.15, 0.2) is 23.2 Å². The Labute approximate surface area is 222 Å². The lowest BCUT2D eigenvalue weighted by Crippen LogP contribution is -2.33. The van der Waals surface area contributed by atoms with Crippen molar-refractivity contribution < 1.29 is 29.6 Å². The number of nitrogens with zero attached hydrogens (tertiary/aromatic N) is 6. The second kappa shape index (κ2) is 10.7. The molecule has 2 aliphatic rings. The van der Waals surface area contributed by atoms with Crippen molar-refractivity contribution in [1.82, 2.24) is 34.6 Å². The summed E-state index contributed by atoms with van der Waals surface area (Å²) in [6.07, 6.45) is 0.573. The predicted octanol–water partition coefficient (Wildman–Crippen LogP) is -0.246. The Morgan fingerprint density at radius 1 is 1.15 bits per heavy atom. The van der Waals surface area contributed by atoms with Crippen LogP contribution in [0.3, 0.4) is 0 Å². The lowest BCUT2D eigenvalue weighted by atomic mass is 10.1. The molecular weight excluding hydrogens is 508 g/mol. The maximum Gasteiger partial charge on any atom is 0.254 e. The normalized spacial score (nSPS) is 24.8. The van der Waals surface area contributed by atoms with Crippen LogP contribution in [0, 0.1) is 0 Å². The Hall–Kier alpha value is -3.95. The quantitative estimate of drug-likeness (QED) is 0.200. The molecule has 14 heteroatoms. The van der Waals surface area contributed by atoms with E-state index in [1.807, 2.05) is 30.3 Å². The minimum absolute atomic E-state index is 0.00644. The highest BCUT2D eigenvalue weighted by molar-refractivity contribution is 5.93. The SMILES string of the molecule is O=C(NCc1ccccc1)c1cnn(-c2nc(NC3CCOC3)c3ncn([C@@H]4O[C@H](CO)[C@@H](O)[C@H]4O)c3n2)c1. The summed E-state index contributed by atoms with van der Waals surface area (Å²) in [5.74, 6) is 0.269. The number of amides is 1. The number of aliphatic hydroxyl groups is 3. The molecule has 1 unspecified atom stereocenters. The van der Waals surface area contributed by atoms with Crippen LogP contribution in [0.5, 0.6) is 0 Å². The summed E-state index contributed by atoms with van der Waals surface area (Å²) in [7, 11) is 0. The number of rotatable bonds is 8. The van der Waals surface area contributed by atoms with E-state index in [4.69, 9.17) is 9.47 Å². The van der Waals surface area contributed by atoms with Crippen molar-refractivity contribution in [2.24, 2.45) is 0 Å². The molecule has 2 fully saturated rings. The van der Waals surface area contributed by atoms with Crippen LogP contribution in [0.2, 0.25) is 0 Å². The van der Waals surface area contributed by atoms with E-state index in [0.717, 1.165) is 12.0 Å². The van der Waals surface area contributed by atoms with Gasteiger partial charge in [0.2, 0.25) is 0 Å². The van der Waals surface area contributed by atoms with E-state index < -0.39 is 31.1 Å². The Morgan fingerprint density at radius 3 is 2.74 bits per heavy atom. The molecule has 2 saturated heterocycles. The third-order valence-electron chi connectivity index (χ3n) is 6.82. The van der Waals surface area contributed by atoms with Crippen molar-refractivity contribution in [1.29, 1.82) is 0 Å². The molecule has 3 aromatic heterocycles. The average molecular weight is 537 g/mol. The van der Waals surface area contributed by atoms with Crippen molar-refractivity contribution in [3.63, 3.8) is 0 Å². The number of imidazole rings is 1. The summed E-state index contributed by atoms with van der Waals surface area (Å²) >= 11 is 0. The minimum Gasteiger partial charge on any atom is -0.394 e. The molecule has 0 saturated carbocycles. The third kappa shape index (κ3) is 4.95. The molecule has 1 aromatic carbocycles. The molecule has 4 aromatic rings. The third-order valence-corrected chi connectivity index (χ3v) is 6.82. The first-order valence-electron chi connectivity index (χ1n) is 12.6. The predicted molar refractivity (Wildman–Crippen MR) is 136 cm³/mol. The standard InChI is InChI=1S/C25H28N8O6/c34-11-17-19(35)20(36)24(39-17)32-13-27-18-21(29-16-6-7-38-12-16)30-25(31-22(18)32)33-10-15(9-28-33)23(37)26-8-14-4-2-1-3-5-14/h1-5,9-10,13,16-17,19-20,24,34-36H,6-8,11-12H2,(H,26,37)(H,29,30,31)/t16?,17-,19-,20-,24-/m1/s1. The van der Waals surface area contributed by atoms with Crippen LogP contribution < -0.4 is 10.6 Å². The van der Waals surface area contributed by atoms with E-state index in [0.29, 0.717) is 42.3 Å². The fourth-order valence-electron chi connectivity index (χ4n) is 4.68. The van der Waals surface area contributed by atoms with Gasteiger partial charge in [0.25, 0.3) is 11.9 Å². The van der Waals surface area contributed by atoms with Crippen LogP contribution in [0.4, 0.5) is 5.82 Å². The second-order valence-electron chi connectivity index (χ2n) is 9.47. The number of fused-ring (bicyclic) bond motifs is 1. The number of nitrogens with one attached hydrogen (secondary N) is 2. The van der Waals surface area contributed by atoms with Crippen molar-refractivity contribution in [3.05, 3.63) is 60.2 Å². The summed E-state index contributed by atoms with van der Waals surface area (Å²) in [6.45, 7) is 1.03. The highest BCUT2D eigenvalue weighted by Crippen LogP contribution is 2.33. The number of anilines is 1. The first kappa shape index (κ1) is 25.3. The van der Waals surface area contributed by atoms with Gasteiger partial charge in [0.05, 0.1) is 37.3 Å². The number of carbonyl (C=O) groups excluding carboxylic acids is 1. The van der Waals surface area contributed by atoms with Crippen LogP contribution in [0.1, 0.15) is 28.6 Å². The number of ether oxygens (including phenoxy) is 2. The van der Waals surface area contributed by atoms with Gasteiger partial charge in [0, 0.05) is 19.3 Å². The molecule has 39 heavy (non-hydrogen) atoms. The van der Waals surface area contributed by atoms with Crippen LogP contribution in [0.25, 0.3) is 17.1 Å². The largest absolute Gasteiger partial charge is 0.394 e. The van der Waals surface area contributed by atoms with Gasteiger partial charge >= 0.3 is 0 Å². The molecule has 5 N–H and O–H groups in total. The fraction of sp³-hybridized carbons (Fsp3) is 0.400. The molecule has 1 amide bonds. The van der Waals surface area contributed by atoms with Crippen molar-refractivity contribution >= 4 is 22.9 Å². The minimum atomic E-state index is -1.32. The van der Waals surface area contributed by atoms with Gasteiger partial charge in [-0.3, -0.25) is 9.36 Å². The van der Waals surface area contributed by atoms with Gasteiger partial charge in [0.1, 0.15) is 18.3 Å². The van der Waals surface area contributed by atoms with Crippen LogP contribution in [-0.2, 0) is 16.0 Å². The molecule has 5 heterocycles. The molecule has 0 spiro atoms. The lowest BCUT2D eigenvalue weighted by Gasteiger charge is -2.17. The molecule has 0 bridgehead atoms. The number of carbonyl (C=O) groups is 1. The number of aromatic nitrogens is 6. The number of benzene rings is 1. The topological polar surface area (TPSA) is 182 Å². The van der Waals surface area contributed by atoms with E-state index in [1.165, 1.54) is 28.0 Å². The Balaban J connectivity index is 1.33. The lowest BCUT2D eigenvalue weighted by molar-refractivity contribution is -0.0511. The highest BCUT2D eigenvalue weighted by atomic mass is 16.6. The molecule has 14 nitrogen and oxygen atoms in total. The van der Waals surface area contributed by atoms with Gasteiger partial charge in [-0.05, 0) is 12.0 Å². The Morgan fingerprint density at radius 2 is 2.00 bits per heavy atom. The number of hydrogen-bond acceptors (Lipinski definition) is 11. The molecule has 2 aliphatic heterocycles. The van der Waals surface area contributed by atoms with Gasteiger partial charge in [-0.1, -0.05) is 30.3 Å². The maximum absolute atomic E-state index is 12.8. The van der Waals surface area contributed by atoms with Gasteiger partial charge in [-0.15, -0.1) is 0 Å². The molecule has 0 aliphatic carbocycles. The Kier molecular flexibility index (Phi) is 6.93. The molecule has 0 radical (unpaired) electrons. The summed E-state index contributed by atoms with van der Waals surface area (Å²) in [6, 6.07) is 9.57. The van der Waals surface area contributed by atoms with E-state index in [9.17, 15) is 20.1 Å². The first-order chi connectivity index (χ1) is 19.0. The molecule has 5 atom stereocenters. The summed E-state index contributed by atoms with van der Waals surface area (Å²) in [5.41, 5.74) is 2.01. The molecular formula is C25H28N8O6. The summed E-state index contributed by atoms with van der Waals surface area (Å²) in [4.78, 5) is 26.4. The zero-order chi connectivity index (χ0) is 26.9. The van der Waals surface area contributed by atoms with E-state index in [-0.39, 0.29) is 17.9 Å². The van der Waals surface area contributed by atoms with Gasteiger partial charge in [-0.25, -0.2) is 9.67 Å². The maximum atomic E-state index is 12.8. The van der Waals surface area contributed by atoms with Crippen LogP contribution in [-0.4, -0.2) is 94.7 Å². The molecule has 6 rings (SSSR count). The van der Waals surface area contributed by atoms with E-state index in [2.05, 4.69) is 30.7 Å².